The number of fused-ring (bicyclic) bond motifs is 1. The molecule has 0 saturated carbocycles. The van der Waals surface area contributed by atoms with Gasteiger partial charge in [0.1, 0.15) is 29.3 Å². The van der Waals surface area contributed by atoms with Crippen molar-refractivity contribution in [2.45, 2.75) is 72.8 Å². The number of nitrogens with zero attached hydrogens (tertiary/aromatic N) is 9. The molecule has 276 valence electrons. The van der Waals surface area contributed by atoms with Crippen molar-refractivity contribution in [1.82, 2.24) is 43.6 Å². The Kier molecular flexibility index (Phi) is 9.46. The van der Waals surface area contributed by atoms with E-state index in [1.54, 1.807) is 33.6 Å². The molecule has 1 aliphatic rings. The Morgan fingerprint density at radius 3 is 2.21 bits per heavy atom. The van der Waals surface area contributed by atoms with Crippen LogP contribution in [0, 0.1) is 13.8 Å². The van der Waals surface area contributed by atoms with Crippen molar-refractivity contribution in [3.8, 4) is 5.75 Å². The predicted octanol–water partition coefficient (Wildman–Crippen LogP) is 4.51. The highest BCUT2D eigenvalue weighted by Gasteiger charge is 2.30. The van der Waals surface area contributed by atoms with Crippen molar-refractivity contribution in [3.05, 3.63) is 76.4 Å². The van der Waals surface area contributed by atoms with Gasteiger partial charge in [0.2, 0.25) is 17.8 Å². The summed E-state index contributed by atoms with van der Waals surface area (Å²) in [5.41, 5.74) is 12.2. The number of imidazole rings is 2. The van der Waals surface area contributed by atoms with Gasteiger partial charge in [-0.2, -0.15) is 10.2 Å². The van der Waals surface area contributed by atoms with E-state index in [-0.39, 0.29) is 30.0 Å². The number of hydrogen-bond acceptors (Lipinski definition) is 9. The third kappa shape index (κ3) is 6.72. The minimum absolute atomic E-state index is 0.223. The first kappa shape index (κ1) is 35.4. The molecule has 1 aliphatic heterocycles. The van der Waals surface area contributed by atoms with Gasteiger partial charge in [-0.1, -0.05) is 12.1 Å². The second kappa shape index (κ2) is 14.2. The number of carbonyl (C=O) groups excluding carboxylic acids is 3. The Balaban J connectivity index is 1.21. The number of aryl methyl sites for hydroxylation is 5. The van der Waals surface area contributed by atoms with Gasteiger partial charge in [-0.3, -0.25) is 34.4 Å². The van der Waals surface area contributed by atoms with E-state index >= 15 is 0 Å². The summed E-state index contributed by atoms with van der Waals surface area (Å²) < 4.78 is 13.6. The fraction of sp³-hybridized carbons (Fsp3) is 0.378. The van der Waals surface area contributed by atoms with Crippen LogP contribution in [0.25, 0.3) is 22.1 Å². The van der Waals surface area contributed by atoms with Crippen molar-refractivity contribution in [2.75, 3.05) is 31.3 Å². The van der Waals surface area contributed by atoms with E-state index in [9.17, 15) is 14.4 Å². The zero-order valence-corrected chi connectivity index (χ0v) is 30.8. The van der Waals surface area contributed by atoms with E-state index in [0.717, 1.165) is 28.0 Å². The van der Waals surface area contributed by atoms with Crippen LogP contribution in [0.2, 0.25) is 0 Å². The number of carbonyl (C=O) groups is 3. The average Bonchev–Trinajstić information content (AvgIpc) is 3.89. The van der Waals surface area contributed by atoms with E-state index in [0.29, 0.717) is 79.1 Å². The molecule has 5 heterocycles. The fourth-order valence-corrected chi connectivity index (χ4v) is 7.11. The van der Waals surface area contributed by atoms with Gasteiger partial charge >= 0.3 is 0 Å². The van der Waals surface area contributed by atoms with E-state index in [4.69, 9.17) is 20.4 Å². The lowest BCUT2D eigenvalue weighted by molar-refractivity contribution is 0.0994. The number of primary amides is 1. The van der Waals surface area contributed by atoms with Crippen LogP contribution in [0.15, 0.2) is 42.5 Å². The first-order chi connectivity index (χ1) is 25.4. The largest absolute Gasteiger partial charge is 0.489 e. The Bertz CT molecular complexity index is 2380. The quantitative estimate of drug-likeness (QED) is 0.154. The second-order valence-corrected chi connectivity index (χ2v) is 13.6. The second-order valence-electron chi connectivity index (χ2n) is 13.6. The molecular weight excluding hydrogens is 676 g/mol. The number of amides is 3. The molecule has 2 aromatic carbocycles. The van der Waals surface area contributed by atoms with Gasteiger partial charge in [-0.15, -0.1) is 0 Å². The highest BCUT2D eigenvalue weighted by molar-refractivity contribution is 6.05. The number of nitrogens with one attached hydrogen (secondary N) is 2. The maximum absolute atomic E-state index is 13.6. The lowest BCUT2D eigenvalue weighted by Gasteiger charge is -2.27. The molecule has 1 atom stereocenters. The number of nitrogens with two attached hydrogens (primary N) is 1. The predicted molar refractivity (Wildman–Crippen MR) is 200 cm³/mol. The van der Waals surface area contributed by atoms with E-state index in [1.807, 2.05) is 63.1 Å². The SMILES string of the molecule is CCn1nc(C)cc1C(=O)Nc1nc2c(CN(C)C)cccc2n1CCC[C@H]1COc2cc(C(N)=O)cc3nc(NC(=O)c4cc(C)nn4CC)n1c23. The third-order valence-electron chi connectivity index (χ3n) is 9.42. The van der Waals surface area contributed by atoms with Crippen LogP contribution in [0.3, 0.4) is 0 Å². The van der Waals surface area contributed by atoms with Crippen LogP contribution in [-0.2, 0) is 26.2 Å². The summed E-state index contributed by atoms with van der Waals surface area (Å²) in [6, 6.07) is 12.6. The first-order valence-corrected chi connectivity index (χ1v) is 17.8. The van der Waals surface area contributed by atoms with Crippen molar-refractivity contribution in [2.24, 2.45) is 5.73 Å². The van der Waals surface area contributed by atoms with Crippen molar-refractivity contribution < 1.29 is 19.1 Å². The van der Waals surface area contributed by atoms with Gasteiger partial charge in [0.15, 0.2) is 0 Å². The molecule has 0 spiro atoms. The van der Waals surface area contributed by atoms with Gasteiger partial charge in [0, 0.05) is 31.7 Å². The number of rotatable bonds is 13. The standard InChI is InChI=1S/C37H44N12O4/c1-7-47-28(15-21(3)43-47)34(51)41-36-40-31-23(19-45(5)6)11-9-13-27(31)46(36)14-10-12-25-20-53-30-18-24(33(38)50)17-26-32(30)49(25)37(39-26)42-35(52)29-16-22(4)44-48(29)8-2/h9,11,13,15-18,25H,7-8,10,12,14,19-20H2,1-6H3,(H2,38,50)(H,39,42,52)(H,40,41,51)/t25-/m0/s1. The van der Waals surface area contributed by atoms with Gasteiger partial charge in [-0.05, 0) is 90.5 Å². The summed E-state index contributed by atoms with van der Waals surface area (Å²) >= 11 is 0. The minimum atomic E-state index is -0.602. The molecule has 0 bridgehead atoms. The first-order valence-electron chi connectivity index (χ1n) is 17.8. The summed E-state index contributed by atoms with van der Waals surface area (Å²) in [6.07, 6.45) is 1.29. The summed E-state index contributed by atoms with van der Waals surface area (Å²) in [5.74, 6) is 0.0129. The van der Waals surface area contributed by atoms with Crippen molar-refractivity contribution in [1.29, 1.82) is 0 Å². The van der Waals surface area contributed by atoms with Gasteiger partial charge in [0.05, 0.1) is 34.0 Å². The lowest BCUT2D eigenvalue weighted by Crippen LogP contribution is -2.26. The van der Waals surface area contributed by atoms with Gasteiger partial charge < -0.3 is 24.5 Å². The summed E-state index contributed by atoms with van der Waals surface area (Å²) in [5, 5.41) is 15.0. The molecule has 53 heavy (non-hydrogen) atoms. The van der Waals surface area contributed by atoms with Crippen LogP contribution >= 0.6 is 0 Å². The van der Waals surface area contributed by atoms with Crippen LogP contribution in [-0.4, -0.2) is 82.0 Å². The maximum atomic E-state index is 13.6. The molecule has 3 amide bonds. The molecule has 6 aromatic rings. The topological polar surface area (TPSA) is 185 Å². The molecule has 0 radical (unpaired) electrons. The van der Waals surface area contributed by atoms with Crippen LogP contribution in [0.1, 0.15) is 81.0 Å². The molecule has 4 aromatic heterocycles. The Labute approximate surface area is 305 Å². The summed E-state index contributed by atoms with van der Waals surface area (Å²) in [6.45, 7) is 10.1. The van der Waals surface area contributed by atoms with Crippen LogP contribution < -0.4 is 21.1 Å². The Morgan fingerprint density at radius 1 is 0.925 bits per heavy atom. The summed E-state index contributed by atoms with van der Waals surface area (Å²) in [4.78, 5) is 51.2. The maximum Gasteiger partial charge on any atom is 0.276 e. The smallest absolute Gasteiger partial charge is 0.276 e. The molecule has 0 aliphatic carbocycles. The molecule has 16 nitrogen and oxygen atoms in total. The highest BCUT2D eigenvalue weighted by Crippen LogP contribution is 2.39. The molecule has 16 heteroatoms. The molecule has 4 N–H and O–H groups in total. The van der Waals surface area contributed by atoms with Crippen LogP contribution in [0.4, 0.5) is 11.9 Å². The number of aromatic nitrogens is 8. The minimum Gasteiger partial charge on any atom is -0.489 e. The molecular formula is C37H44N12O4. The van der Waals surface area contributed by atoms with Crippen molar-refractivity contribution >= 4 is 51.7 Å². The fourth-order valence-electron chi connectivity index (χ4n) is 7.11. The van der Waals surface area contributed by atoms with Gasteiger partial charge in [-0.25, -0.2) is 9.97 Å². The number of benzene rings is 2. The Hall–Kier alpha value is -6.03. The summed E-state index contributed by atoms with van der Waals surface area (Å²) in [7, 11) is 4.02. The van der Waals surface area contributed by atoms with Crippen molar-refractivity contribution in [3.63, 3.8) is 0 Å². The zero-order valence-electron chi connectivity index (χ0n) is 30.8. The van der Waals surface area contributed by atoms with E-state index < -0.39 is 5.91 Å². The van der Waals surface area contributed by atoms with Gasteiger partial charge in [0.25, 0.3) is 11.8 Å². The average molecular weight is 721 g/mol. The molecule has 0 saturated heterocycles. The molecule has 0 unspecified atom stereocenters. The normalized spacial score (nSPS) is 13.9. The molecule has 7 rings (SSSR count). The number of ether oxygens (including phenoxy) is 1. The van der Waals surface area contributed by atoms with E-state index in [1.165, 1.54) is 0 Å². The van der Waals surface area contributed by atoms with Crippen LogP contribution in [0.5, 0.6) is 5.75 Å². The number of anilines is 2. The number of para-hydroxylation sites is 1. The highest BCUT2D eigenvalue weighted by atomic mass is 16.5. The lowest BCUT2D eigenvalue weighted by atomic mass is 10.1. The molecule has 0 fully saturated rings. The number of hydrogen-bond donors (Lipinski definition) is 3. The monoisotopic (exact) mass is 720 g/mol. The van der Waals surface area contributed by atoms with E-state index in [2.05, 4.69) is 31.8 Å². The zero-order chi connectivity index (χ0) is 37.6. The third-order valence-corrected chi connectivity index (χ3v) is 9.42. The Morgan fingerprint density at radius 2 is 1.58 bits per heavy atom.